The van der Waals surface area contributed by atoms with Crippen LogP contribution in [0.15, 0.2) is 152 Å². The monoisotopic (exact) mass is 834 g/mol. The molecule has 0 heterocycles. The van der Waals surface area contributed by atoms with Crippen LogP contribution in [0.4, 0.5) is 0 Å². The van der Waals surface area contributed by atoms with Gasteiger partial charge in [0.2, 0.25) is 0 Å². The fraction of sp³-hybridized carbons (Fsp3) is 0.333. The van der Waals surface area contributed by atoms with Crippen LogP contribution in [0.3, 0.4) is 0 Å². The Morgan fingerprint density at radius 2 is 0.763 bits per heavy atom. The van der Waals surface area contributed by atoms with Gasteiger partial charge in [-0.1, -0.05) is 192 Å². The van der Waals surface area contributed by atoms with Crippen LogP contribution < -0.4 is 46.6 Å². The number of rotatable bonds is 14. The molecule has 0 unspecified atom stereocenters. The second-order valence-electron chi connectivity index (χ2n) is 16.8. The van der Waals surface area contributed by atoms with Crippen LogP contribution in [0.5, 0.6) is 11.5 Å². The Labute approximate surface area is 358 Å². The summed E-state index contributed by atoms with van der Waals surface area (Å²) >= 11 is 0. The van der Waals surface area contributed by atoms with E-state index in [0.29, 0.717) is 0 Å². The Morgan fingerprint density at radius 1 is 0.424 bits per heavy atom. The lowest BCUT2D eigenvalue weighted by atomic mass is 9.99. The van der Waals surface area contributed by atoms with Gasteiger partial charge in [0.1, 0.15) is 11.5 Å². The summed E-state index contributed by atoms with van der Waals surface area (Å²) in [4.78, 5) is 0. The molecule has 2 aliphatic carbocycles. The molecule has 0 atom stereocenters. The van der Waals surface area contributed by atoms with Crippen LogP contribution >= 0.6 is 23.8 Å². The van der Waals surface area contributed by atoms with E-state index in [-0.39, 0.29) is 12.2 Å². The average Bonchev–Trinajstić information content (AvgIpc) is 3.27. The highest BCUT2D eigenvalue weighted by atomic mass is 31.1. The summed E-state index contributed by atoms with van der Waals surface area (Å²) in [5.41, 5.74) is 4.25. The lowest BCUT2D eigenvalue weighted by Gasteiger charge is -2.40. The summed E-state index contributed by atoms with van der Waals surface area (Å²) in [6.07, 6.45) is 13.6. The zero-order valence-corrected chi connectivity index (χ0v) is 38.2. The molecule has 0 radical (unpaired) electrons. The molecule has 0 aromatic heterocycles. The Hall–Kier alpha value is -3.79. The molecule has 0 saturated heterocycles. The summed E-state index contributed by atoms with van der Waals surface area (Å²) in [5, 5.41) is 9.54. The van der Waals surface area contributed by atoms with Gasteiger partial charge in [0.05, 0.1) is 12.2 Å². The maximum atomic E-state index is 7.18. The van der Waals surface area contributed by atoms with E-state index in [4.69, 9.17) is 9.47 Å². The van der Waals surface area contributed by atoms with E-state index < -0.39 is 23.8 Å². The van der Waals surface area contributed by atoms with E-state index in [1.807, 2.05) is 0 Å². The third kappa shape index (κ3) is 9.73. The fourth-order valence-electron chi connectivity index (χ4n) is 9.44. The zero-order chi connectivity index (χ0) is 40.6. The first kappa shape index (κ1) is 41.9. The van der Waals surface area contributed by atoms with Gasteiger partial charge in [-0.2, -0.15) is 0 Å². The van der Waals surface area contributed by atoms with Gasteiger partial charge < -0.3 is 9.47 Å². The summed E-state index contributed by atoms with van der Waals surface area (Å²) in [5.74, 6) is 1.89. The van der Waals surface area contributed by atoms with Crippen LogP contribution in [0.25, 0.3) is 11.1 Å². The number of hydrogen-bond acceptors (Lipinski definition) is 2. The van der Waals surface area contributed by atoms with Crippen LogP contribution in [0.1, 0.15) is 91.9 Å². The molecule has 0 amide bonds. The van der Waals surface area contributed by atoms with Crippen molar-refractivity contribution in [2.45, 2.75) is 115 Å². The molecular formula is C54H61O2P3. The van der Waals surface area contributed by atoms with Crippen molar-refractivity contribution in [3.63, 3.8) is 0 Å². The Bertz CT molecular complexity index is 2000. The van der Waals surface area contributed by atoms with Gasteiger partial charge in [-0.05, 0) is 113 Å². The first-order valence-corrected chi connectivity index (χ1v) is 26.4. The predicted molar refractivity (Wildman–Crippen MR) is 261 cm³/mol. The van der Waals surface area contributed by atoms with Crippen LogP contribution in [0, 0.1) is 0 Å². The summed E-state index contributed by atoms with van der Waals surface area (Å²) in [6, 6.07) is 57.2. The molecule has 2 saturated carbocycles. The molecule has 0 aliphatic heterocycles. The van der Waals surface area contributed by atoms with Gasteiger partial charge in [0.15, 0.2) is 0 Å². The maximum Gasteiger partial charge on any atom is 0.132 e. The number of hydrogen-bond donors (Lipinski definition) is 0. The smallest absolute Gasteiger partial charge is 0.132 e. The number of benzene rings is 6. The second kappa shape index (κ2) is 20.2. The highest BCUT2D eigenvalue weighted by Crippen LogP contribution is 2.57. The SMILES string of the molecule is CC(C)Oc1cc(OC(C)C)c(P(c2ccccc2)c2ccccc2)c(-c2ccccc2P(C2CCCCC2)C2CCCCC2)c1P(c1ccccc1)c1ccccc1. The third-order valence-corrected chi connectivity index (χ3v) is 20.4. The van der Waals surface area contributed by atoms with E-state index in [9.17, 15) is 0 Å². The van der Waals surface area contributed by atoms with Gasteiger partial charge in [0.25, 0.3) is 0 Å². The van der Waals surface area contributed by atoms with Crippen LogP contribution in [-0.4, -0.2) is 23.5 Å². The zero-order valence-electron chi connectivity index (χ0n) is 35.5. The lowest BCUT2D eigenvalue weighted by molar-refractivity contribution is 0.232. The lowest BCUT2D eigenvalue weighted by Crippen LogP contribution is -2.34. The minimum Gasteiger partial charge on any atom is -0.490 e. The molecule has 0 bridgehead atoms. The van der Waals surface area contributed by atoms with Crippen LogP contribution in [-0.2, 0) is 0 Å². The van der Waals surface area contributed by atoms with Crippen molar-refractivity contribution >= 4 is 60.9 Å². The van der Waals surface area contributed by atoms with E-state index >= 15 is 0 Å². The standard InChI is InChI=1S/C54H61O2P3/c1-40(2)55-49-39-50(56-41(3)4)54(59(46-33-19-9-20-34-46)47-35-21-10-22-36-47)52(53(49)58(44-29-15-7-16-30-44)45-31-17-8-18-32-45)48-37-23-24-38-51(48)57(42-25-11-5-12-26-42)43-27-13-6-14-28-43/h7-10,15-24,29-43H,5-6,11-14,25-28H2,1-4H3. The van der Waals surface area contributed by atoms with E-state index in [2.05, 4.69) is 179 Å². The topological polar surface area (TPSA) is 18.5 Å². The molecule has 6 aromatic rings. The Balaban J connectivity index is 1.56. The molecule has 5 heteroatoms. The molecule has 2 nitrogen and oxygen atoms in total. The van der Waals surface area contributed by atoms with E-state index in [1.165, 1.54) is 107 Å². The molecule has 0 N–H and O–H groups in total. The molecule has 59 heavy (non-hydrogen) atoms. The van der Waals surface area contributed by atoms with Crippen molar-refractivity contribution in [2.75, 3.05) is 0 Å². The Morgan fingerprint density at radius 3 is 1.12 bits per heavy atom. The van der Waals surface area contributed by atoms with Gasteiger partial charge in [-0.25, -0.2) is 0 Å². The first-order chi connectivity index (χ1) is 29.0. The van der Waals surface area contributed by atoms with Crippen molar-refractivity contribution < 1.29 is 9.47 Å². The quantitative estimate of drug-likeness (QED) is 0.102. The summed E-state index contributed by atoms with van der Waals surface area (Å²) < 4.78 is 14.4. The minimum absolute atomic E-state index is 0.0238. The van der Waals surface area contributed by atoms with E-state index in [1.54, 1.807) is 5.30 Å². The molecular weight excluding hydrogens is 774 g/mol. The maximum absolute atomic E-state index is 7.18. The average molecular weight is 835 g/mol. The van der Waals surface area contributed by atoms with E-state index in [0.717, 1.165) is 22.8 Å². The van der Waals surface area contributed by atoms with Gasteiger partial charge in [-0.3, -0.25) is 0 Å². The van der Waals surface area contributed by atoms with Crippen molar-refractivity contribution in [1.29, 1.82) is 0 Å². The summed E-state index contributed by atoms with van der Waals surface area (Å²) in [7, 11) is -2.59. The minimum atomic E-state index is -1.08. The first-order valence-electron chi connectivity index (χ1n) is 22.2. The van der Waals surface area contributed by atoms with Gasteiger partial charge in [-0.15, -0.1) is 0 Å². The van der Waals surface area contributed by atoms with Crippen molar-refractivity contribution in [1.82, 2.24) is 0 Å². The van der Waals surface area contributed by atoms with Crippen molar-refractivity contribution in [2.24, 2.45) is 0 Å². The Kier molecular flexibility index (Phi) is 14.3. The van der Waals surface area contributed by atoms with Crippen LogP contribution in [0.2, 0.25) is 0 Å². The van der Waals surface area contributed by atoms with Gasteiger partial charge in [0, 0.05) is 22.2 Å². The third-order valence-electron chi connectivity index (χ3n) is 11.8. The highest BCUT2D eigenvalue weighted by molar-refractivity contribution is 7.82. The summed E-state index contributed by atoms with van der Waals surface area (Å²) in [6.45, 7) is 8.70. The molecule has 2 fully saturated rings. The van der Waals surface area contributed by atoms with Crippen molar-refractivity contribution in [3.8, 4) is 22.6 Å². The number of ether oxygens (including phenoxy) is 2. The van der Waals surface area contributed by atoms with Gasteiger partial charge >= 0.3 is 0 Å². The molecule has 0 spiro atoms. The fourth-order valence-corrected chi connectivity index (χ4v) is 18.6. The second-order valence-corrected chi connectivity index (χ2v) is 23.9. The predicted octanol–water partition coefficient (Wildman–Crippen LogP) is 12.2. The normalized spacial score (nSPS) is 15.4. The molecule has 6 aromatic carbocycles. The molecule has 304 valence electrons. The molecule has 8 rings (SSSR count). The van der Waals surface area contributed by atoms with Crippen molar-refractivity contribution in [3.05, 3.63) is 152 Å². The molecule has 2 aliphatic rings. The largest absolute Gasteiger partial charge is 0.490 e. The highest BCUT2D eigenvalue weighted by Gasteiger charge is 2.38.